The summed E-state index contributed by atoms with van der Waals surface area (Å²) in [6.07, 6.45) is 8.75. The number of ether oxygens (including phenoxy) is 2. The van der Waals surface area contributed by atoms with Gasteiger partial charge in [0.25, 0.3) is 0 Å². The van der Waals surface area contributed by atoms with Gasteiger partial charge < -0.3 is 15.2 Å². The maximum absolute atomic E-state index is 5.98. The lowest BCUT2D eigenvalue weighted by Crippen LogP contribution is -2.46. The molecule has 1 atom stereocenters. The lowest BCUT2D eigenvalue weighted by Gasteiger charge is -2.41. The molecule has 2 aliphatic heterocycles. The van der Waals surface area contributed by atoms with Crippen molar-refractivity contribution in [3.05, 3.63) is 46.8 Å². The van der Waals surface area contributed by atoms with Gasteiger partial charge in [-0.3, -0.25) is 4.90 Å². The summed E-state index contributed by atoms with van der Waals surface area (Å²) in [7, 11) is 1.69. The zero-order valence-electron chi connectivity index (χ0n) is 16.3. The topological polar surface area (TPSA) is 73.5 Å². The van der Waals surface area contributed by atoms with Crippen LogP contribution in [0.4, 0.5) is 5.95 Å². The number of hydrogen-bond donors (Lipinski definition) is 1. The highest BCUT2D eigenvalue weighted by Gasteiger charge is 2.43. The maximum atomic E-state index is 5.98. The fourth-order valence-electron chi connectivity index (χ4n) is 5.02. The van der Waals surface area contributed by atoms with Crippen molar-refractivity contribution in [2.75, 3.05) is 39.1 Å². The fraction of sp³-hybridized carbons (Fsp3) is 0.455. The Morgan fingerprint density at radius 2 is 2.25 bits per heavy atom. The first-order valence-electron chi connectivity index (χ1n) is 10.00. The molecule has 1 saturated heterocycles. The predicted molar refractivity (Wildman–Crippen MR) is 109 cm³/mol. The number of fused-ring (bicyclic) bond motifs is 3. The Labute approximate surface area is 165 Å². The number of nitrogens with zero attached hydrogens (tertiary/aromatic N) is 3. The van der Waals surface area contributed by atoms with Crippen molar-refractivity contribution < 1.29 is 9.47 Å². The number of aryl methyl sites for hydroxylation is 1. The molecule has 1 unspecified atom stereocenters. The fourth-order valence-corrected chi connectivity index (χ4v) is 5.02. The van der Waals surface area contributed by atoms with Crippen molar-refractivity contribution in [1.29, 1.82) is 0 Å². The van der Waals surface area contributed by atoms with E-state index in [1.807, 2.05) is 24.4 Å². The Kier molecular flexibility index (Phi) is 4.23. The summed E-state index contributed by atoms with van der Waals surface area (Å²) in [5.74, 6) is 2.18. The van der Waals surface area contributed by atoms with Crippen LogP contribution in [0.25, 0.3) is 6.08 Å². The van der Waals surface area contributed by atoms with E-state index in [9.17, 15) is 0 Å². The van der Waals surface area contributed by atoms with Crippen LogP contribution in [0.2, 0.25) is 0 Å². The van der Waals surface area contributed by atoms with Gasteiger partial charge in [0.2, 0.25) is 5.95 Å². The maximum Gasteiger partial charge on any atom is 0.220 e. The van der Waals surface area contributed by atoms with Crippen molar-refractivity contribution in [3.8, 4) is 11.5 Å². The van der Waals surface area contributed by atoms with Crippen LogP contribution >= 0.6 is 0 Å². The second-order valence-electron chi connectivity index (χ2n) is 8.19. The second-order valence-corrected chi connectivity index (χ2v) is 8.19. The van der Waals surface area contributed by atoms with E-state index in [-0.39, 0.29) is 5.41 Å². The van der Waals surface area contributed by atoms with Crippen LogP contribution in [0.5, 0.6) is 11.5 Å². The molecule has 1 spiro atoms. The van der Waals surface area contributed by atoms with Crippen LogP contribution < -0.4 is 15.2 Å². The third-order valence-corrected chi connectivity index (χ3v) is 6.33. The molecule has 146 valence electrons. The van der Waals surface area contributed by atoms with Gasteiger partial charge in [-0.2, -0.15) is 0 Å². The van der Waals surface area contributed by atoms with Crippen LogP contribution in [0.3, 0.4) is 0 Å². The molecule has 0 amide bonds. The normalized spacial score (nSPS) is 23.7. The zero-order chi connectivity index (χ0) is 19.1. The van der Waals surface area contributed by atoms with Crippen LogP contribution in [-0.4, -0.2) is 48.2 Å². The number of rotatable bonds is 3. The minimum absolute atomic E-state index is 0.127. The van der Waals surface area contributed by atoms with E-state index >= 15 is 0 Å². The molecule has 1 aromatic heterocycles. The van der Waals surface area contributed by atoms with E-state index < -0.39 is 0 Å². The lowest BCUT2D eigenvalue weighted by atomic mass is 9.77. The molecule has 3 aliphatic rings. The van der Waals surface area contributed by atoms with Gasteiger partial charge in [0.1, 0.15) is 18.1 Å². The highest BCUT2D eigenvalue weighted by atomic mass is 16.5. The number of anilines is 1. The molecule has 0 radical (unpaired) electrons. The first-order valence-corrected chi connectivity index (χ1v) is 10.00. The van der Waals surface area contributed by atoms with Gasteiger partial charge in [0.05, 0.1) is 12.8 Å². The highest BCUT2D eigenvalue weighted by Crippen LogP contribution is 2.44. The summed E-state index contributed by atoms with van der Waals surface area (Å²) in [5, 5.41) is 0. The molecule has 1 fully saturated rings. The van der Waals surface area contributed by atoms with Crippen molar-refractivity contribution in [3.63, 3.8) is 0 Å². The number of likely N-dealkylation sites (tertiary alicyclic amines) is 1. The molecule has 0 saturated carbocycles. The summed E-state index contributed by atoms with van der Waals surface area (Å²) in [6, 6.07) is 5.97. The quantitative estimate of drug-likeness (QED) is 0.885. The smallest absolute Gasteiger partial charge is 0.220 e. The van der Waals surface area contributed by atoms with Crippen LogP contribution in [0, 0.1) is 0 Å². The number of benzene rings is 1. The van der Waals surface area contributed by atoms with Crippen molar-refractivity contribution in [2.45, 2.75) is 31.1 Å². The number of piperidine rings is 1. The van der Waals surface area contributed by atoms with Crippen LogP contribution in [0.1, 0.15) is 36.1 Å². The second kappa shape index (κ2) is 6.78. The molecule has 2 N–H and O–H groups in total. The van der Waals surface area contributed by atoms with Gasteiger partial charge in [-0.1, -0.05) is 0 Å². The molecular formula is C22H26N4O2. The summed E-state index contributed by atoms with van der Waals surface area (Å²) in [6.45, 7) is 3.71. The lowest BCUT2D eigenvalue weighted by molar-refractivity contribution is 0.150. The monoisotopic (exact) mass is 378 g/mol. The molecule has 3 heterocycles. The Balaban J connectivity index is 1.36. The minimum atomic E-state index is 0.127. The standard InChI is InChI=1S/C22H26N4O2/c1-27-18-3-4-19-17(10-18)9-15(13-28-19)12-26-8-2-6-22(14-26)7-5-16-11-24-21(23)25-20(16)22/h3-4,9-11H,2,5-8,12-14H2,1H3,(H2,23,24,25). The van der Waals surface area contributed by atoms with Gasteiger partial charge in [-0.05, 0) is 67.6 Å². The van der Waals surface area contributed by atoms with Crippen LogP contribution in [0.15, 0.2) is 30.0 Å². The Hall–Kier alpha value is -2.60. The molecule has 6 nitrogen and oxygen atoms in total. The van der Waals surface area contributed by atoms with Gasteiger partial charge in [-0.15, -0.1) is 0 Å². The van der Waals surface area contributed by atoms with Crippen molar-refractivity contribution in [1.82, 2.24) is 14.9 Å². The summed E-state index contributed by atoms with van der Waals surface area (Å²) in [4.78, 5) is 11.4. The number of nitrogen functional groups attached to an aromatic ring is 1. The van der Waals surface area contributed by atoms with Crippen molar-refractivity contribution >= 4 is 12.0 Å². The largest absolute Gasteiger partial charge is 0.497 e. The number of methoxy groups -OCH3 is 1. The predicted octanol–water partition coefficient (Wildman–Crippen LogP) is 2.82. The molecule has 5 rings (SSSR count). The number of nitrogens with two attached hydrogens (primary N) is 1. The van der Waals surface area contributed by atoms with Crippen molar-refractivity contribution in [2.24, 2.45) is 0 Å². The summed E-state index contributed by atoms with van der Waals surface area (Å²) in [5.41, 5.74) is 10.9. The molecular weight excluding hydrogens is 352 g/mol. The van der Waals surface area contributed by atoms with E-state index in [4.69, 9.17) is 15.2 Å². The van der Waals surface area contributed by atoms with E-state index in [2.05, 4.69) is 20.9 Å². The molecule has 2 aromatic rings. The van der Waals surface area contributed by atoms with Crippen LogP contribution in [-0.2, 0) is 11.8 Å². The molecule has 28 heavy (non-hydrogen) atoms. The van der Waals surface area contributed by atoms with Gasteiger partial charge >= 0.3 is 0 Å². The van der Waals surface area contributed by atoms with E-state index in [1.165, 1.54) is 29.7 Å². The van der Waals surface area contributed by atoms with E-state index in [0.29, 0.717) is 12.6 Å². The summed E-state index contributed by atoms with van der Waals surface area (Å²) >= 11 is 0. The Morgan fingerprint density at radius 1 is 1.32 bits per heavy atom. The Morgan fingerprint density at radius 3 is 3.14 bits per heavy atom. The molecule has 0 bridgehead atoms. The minimum Gasteiger partial charge on any atom is -0.497 e. The zero-order valence-corrected chi connectivity index (χ0v) is 16.3. The van der Waals surface area contributed by atoms with Gasteiger partial charge in [0, 0.05) is 30.3 Å². The van der Waals surface area contributed by atoms with E-state index in [1.54, 1.807) is 7.11 Å². The SMILES string of the molecule is COc1ccc2c(c1)C=C(CN1CCCC3(CCc4cnc(N)nc43)C1)CO2. The van der Waals surface area contributed by atoms with E-state index in [0.717, 1.165) is 49.5 Å². The van der Waals surface area contributed by atoms with Gasteiger partial charge in [-0.25, -0.2) is 9.97 Å². The first kappa shape index (κ1) is 17.5. The molecule has 1 aromatic carbocycles. The third kappa shape index (κ3) is 3.02. The number of aromatic nitrogens is 2. The highest BCUT2D eigenvalue weighted by molar-refractivity contribution is 5.64. The summed E-state index contributed by atoms with van der Waals surface area (Å²) < 4.78 is 11.3. The average Bonchev–Trinajstić information content (AvgIpc) is 3.04. The average molecular weight is 378 g/mol. The molecule has 1 aliphatic carbocycles. The van der Waals surface area contributed by atoms with Gasteiger partial charge in [0.15, 0.2) is 0 Å². The third-order valence-electron chi connectivity index (χ3n) is 6.33. The number of hydrogen-bond acceptors (Lipinski definition) is 6. The Bertz CT molecular complexity index is 938. The molecule has 6 heteroatoms. The first-order chi connectivity index (χ1) is 13.6.